The van der Waals surface area contributed by atoms with E-state index in [1.54, 1.807) is 0 Å². The maximum atomic E-state index is 10.4. The minimum absolute atomic E-state index is 0.603. The first-order chi connectivity index (χ1) is 8.68. The molecular weight excluding hydrogens is 220 g/mol. The van der Waals surface area contributed by atoms with Crippen LogP contribution in [-0.4, -0.2) is 5.11 Å². The van der Waals surface area contributed by atoms with Gasteiger partial charge >= 0.3 is 0 Å². The highest BCUT2D eigenvalue weighted by Crippen LogP contribution is 2.24. The molecule has 0 bridgehead atoms. The van der Waals surface area contributed by atoms with Crippen LogP contribution in [-0.2, 0) is 5.60 Å². The Labute approximate surface area is 108 Å². The van der Waals surface area contributed by atoms with E-state index in [1.165, 1.54) is 0 Å². The molecule has 1 heteroatoms. The largest absolute Gasteiger partial charge is 0.385 e. The molecule has 0 aliphatic carbocycles. The van der Waals surface area contributed by atoms with Crippen LogP contribution in [0.15, 0.2) is 66.7 Å². The third kappa shape index (κ3) is 3.31. The first-order valence-corrected chi connectivity index (χ1v) is 6.18. The summed E-state index contributed by atoms with van der Waals surface area (Å²) in [5, 5.41) is 10.4. The van der Waals surface area contributed by atoms with Crippen LogP contribution in [0.4, 0.5) is 0 Å². The van der Waals surface area contributed by atoms with Crippen molar-refractivity contribution < 1.29 is 5.11 Å². The van der Waals surface area contributed by atoms with E-state index >= 15 is 0 Å². The molecule has 2 aromatic carbocycles. The van der Waals surface area contributed by atoms with E-state index in [0.717, 1.165) is 11.1 Å². The molecule has 0 aliphatic heterocycles. The highest BCUT2D eigenvalue weighted by molar-refractivity contribution is 5.48. The van der Waals surface area contributed by atoms with Gasteiger partial charge in [-0.3, -0.25) is 0 Å². The fourth-order valence-electron chi connectivity index (χ4n) is 1.90. The van der Waals surface area contributed by atoms with E-state index in [9.17, 15) is 5.11 Å². The Bertz CT molecular complexity index is 498. The lowest BCUT2D eigenvalue weighted by Crippen LogP contribution is -2.19. The minimum Gasteiger partial charge on any atom is -0.385 e. The van der Waals surface area contributed by atoms with Crippen molar-refractivity contribution in [3.63, 3.8) is 0 Å². The van der Waals surface area contributed by atoms with Crippen LogP contribution in [0.5, 0.6) is 0 Å². The van der Waals surface area contributed by atoms with E-state index in [4.69, 9.17) is 0 Å². The molecule has 0 amide bonds. The first-order valence-electron chi connectivity index (χ1n) is 6.18. The van der Waals surface area contributed by atoms with Crippen molar-refractivity contribution >= 4 is 6.08 Å². The van der Waals surface area contributed by atoms with Gasteiger partial charge < -0.3 is 5.11 Å². The molecule has 2 aromatic rings. The molecule has 0 aliphatic rings. The lowest BCUT2D eigenvalue weighted by molar-refractivity contribution is 0.0607. The van der Waals surface area contributed by atoms with Crippen LogP contribution in [0, 0.1) is 0 Å². The Balaban J connectivity index is 2.04. The molecule has 1 nitrogen and oxygen atoms in total. The predicted octanol–water partition coefficient (Wildman–Crippen LogP) is 4.00. The van der Waals surface area contributed by atoms with Crippen LogP contribution in [0.25, 0.3) is 6.08 Å². The summed E-state index contributed by atoms with van der Waals surface area (Å²) in [4.78, 5) is 0. The summed E-state index contributed by atoms with van der Waals surface area (Å²) in [6.45, 7) is 1.84. The number of hydrogen-bond acceptors (Lipinski definition) is 1. The van der Waals surface area contributed by atoms with Gasteiger partial charge in [-0.15, -0.1) is 0 Å². The second-order valence-electron chi connectivity index (χ2n) is 4.66. The standard InChI is InChI=1S/C17H18O/c1-17(18,16-12-6-3-7-13-16)14-8-11-15-9-4-2-5-10-15/h2-13,18H,14H2,1H3/b11-8+. The van der Waals surface area contributed by atoms with Gasteiger partial charge in [-0.2, -0.15) is 0 Å². The molecule has 0 spiro atoms. The van der Waals surface area contributed by atoms with Gasteiger partial charge in [0.05, 0.1) is 5.60 Å². The minimum atomic E-state index is -0.813. The van der Waals surface area contributed by atoms with Gasteiger partial charge in [-0.05, 0) is 24.5 Å². The molecule has 18 heavy (non-hydrogen) atoms. The molecule has 1 N–H and O–H groups in total. The van der Waals surface area contributed by atoms with Crippen LogP contribution >= 0.6 is 0 Å². The fourth-order valence-corrected chi connectivity index (χ4v) is 1.90. The molecule has 1 unspecified atom stereocenters. The molecule has 2 rings (SSSR count). The number of benzene rings is 2. The molecular formula is C17H18O. The van der Waals surface area contributed by atoms with Gasteiger partial charge in [-0.1, -0.05) is 72.8 Å². The summed E-state index contributed by atoms with van der Waals surface area (Å²) in [7, 11) is 0. The Morgan fingerprint density at radius 2 is 1.50 bits per heavy atom. The second-order valence-corrected chi connectivity index (χ2v) is 4.66. The zero-order chi connectivity index (χ0) is 12.8. The van der Waals surface area contributed by atoms with E-state index in [2.05, 4.69) is 0 Å². The van der Waals surface area contributed by atoms with Gasteiger partial charge in [0.25, 0.3) is 0 Å². The van der Waals surface area contributed by atoms with E-state index < -0.39 is 5.60 Å². The monoisotopic (exact) mass is 238 g/mol. The average Bonchev–Trinajstić information content (AvgIpc) is 2.41. The molecule has 0 saturated heterocycles. The smallest absolute Gasteiger partial charge is 0.0902 e. The van der Waals surface area contributed by atoms with Crippen molar-refractivity contribution in [3.8, 4) is 0 Å². The van der Waals surface area contributed by atoms with Crippen LogP contribution in [0.3, 0.4) is 0 Å². The van der Waals surface area contributed by atoms with Crippen LogP contribution in [0.2, 0.25) is 0 Å². The lowest BCUT2D eigenvalue weighted by atomic mass is 9.92. The van der Waals surface area contributed by atoms with E-state index in [0.29, 0.717) is 6.42 Å². The van der Waals surface area contributed by atoms with Gasteiger partial charge in [0.2, 0.25) is 0 Å². The molecule has 0 heterocycles. The number of hydrogen-bond donors (Lipinski definition) is 1. The summed E-state index contributed by atoms with van der Waals surface area (Å²) in [5.41, 5.74) is 1.29. The summed E-state index contributed by atoms with van der Waals surface area (Å²) < 4.78 is 0. The van der Waals surface area contributed by atoms with Crippen LogP contribution < -0.4 is 0 Å². The second kappa shape index (κ2) is 5.65. The van der Waals surface area contributed by atoms with Crippen molar-refractivity contribution in [2.24, 2.45) is 0 Å². The Morgan fingerprint density at radius 3 is 2.11 bits per heavy atom. The summed E-state index contributed by atoms with van der Waals surface area (Å²) in [5.74, 6) is 0. The SMILES string of the molecule is CC(O)(C/C=C/c1ccccc1)c1ccccc1. The van der Waals surface area contributed by atoms with E-state index in [-0.39, 0.29) is 0 Å². The quantitative estimate of drug-likeness (QED) is 0.853. The maximum absolute atomic E-state index is 10.4. The van der Waals surface area contributed by atoms with Crippen molar-refractivity contribution in [1.29, 1.82) is 0 Å². The normalized spacial score (nSPS) is 14.6. The zero-order valence-electron chi connectivity index (χ0n) is 10.6. The molecule has 0 aromatic heterocycles. The number of aliphatic hydroxyl groups is 1. The third-order valence-corrected chi connectivity index (χ3v) is 3.02. The molecule has 0 saturated carbocycles. The lowest BCUT2D eigenvalue weighted by Gasteiger charge is -2.22. The third-order valence-electron chi connectivity index (χ3n) is 3.02. The molecule has 1 atom stereocenters. The molecule has 92 valence electrons. The van der Waals surface area contributed by atoms with E-state index in [1.807, 2.05) is 79.7 Å². The van der Waals surface area contributed by atoms with Crippen molar-refractivity contribution in [2.45, 2.75) is 18.9 Å². The van der Waals surface area contributed by atoms with Crippen LogP contribution in [0.1, 0.15) is 24.5 Å². The highest BCUT2D eigenvalue weighted by atomic mass is 16.3. The average molecular weight is 238 g/mol. The van der Waals surface area contributed by atoms with Crippen molar-refractivity contribution in [2.75, 3.05) is 0 Å². The van der Waals surface area contributed by atoms with Gasteiger partial charge in [0, 0.05) is 0 Å². The van der Waals surface area contributed by atoms with Crippen molar-refractivity contribution in [3.05, 3.63) is 77.9 Å². The molecule has 0 fully saturated rings. The fraction of sp³-hybridized carbons (Fsp3) is 0.176. The van der Waals surface area contributed by atoms with Gasteiger partial charge in [0.1, 0.15) is 0 Å². The van der Waals surface area contributed by atoms with Gasteiger partial charge in [0.15, 0.2) is 0 Å². The summed E-state index contributed by atoms with van der Waals surface area (Å²) in [6.07, 6.45) is 4.66. The molecule has 0 radical (unpaired) electrons. The first kappa shape index (κ1) is 12.6. The summed E-state index contributed by atoms with van der Waals surface area (Å²) >= 11 is 0. The number of rotatable bonds is 4. The zero-order valence-corrected chi connectivity index (χ0v) is 10.6. The Kier molecular flexibility index (Phi) is 3.96. The maximum Gasteiger partial charge on any atom is 0.0902 e. The Morgan fingerprint density at radius 1 is 0.944 bits per heavy atom. The van der Waals surface area contributed by atoms with Gasteiger partial charge in [-0.25, -0.2) is 0 Å². The highest BCUT2D eigenvalue weighted by Gasteiger charge is 2.20. The Hall–Kier alpha value is -1.86. The topological polar surface area (TPSA) is 20.2 Å². The van der Waals surface area contributed by atoms with Crippen molar-refractivity contribution in [1.82, 2.24) is 0 Å². The predicted molar refractivity (Wildman–Crippen MR) is 76.1 cm³/mol. The summed E-state index contributed by atoms with van der Waals surface area (Å²) in [6, 6.07) is 19.9.